The molecule has 0 spiro atoms. The Balaban J connectivity index is 2.01. The summed E-state index contributed by atoms with van der Waals surface area (Å²) in [5.74, 6) is 0. The number of hydrogen-bond donors (Lipinski definition) is 0. The maximum absolute atomic E-state index is 11.5. The van der Waals surface area contributed by atoms with Crippen molar-refractivity contribution >= 4 is 17.0 Å². The molecule has 0 aromatic heterocycles. The van der Waals surface area contributed by atoms with E-state index in [0.717, 1.165) is 5.56 Å². The molecule has 0 aliphatic carbocycles. The van der Waals surface area contributed by atoms with Crippen LogP contribution in [0.25, 0.3) is 0 Å². The van der Waals surface area contributed by atoms with Gasteiger partial charge in [0.25, 0.3) is 0 Å². The average Bonchev–Trinajstić information content (AvgIpc) is 3.18. The molecular weight excluding hydrogens is 250 g/mol. The van der Waals surface area contributed by atoms with E-state index in [4.69, 9.17) is 4.84 Å². The number of nitrogens with zero attached hydrogens (tertiary/aromatic N) is 1. The minimum Gasteiger partial charge on any atom is -0.722 e. The van der Waals surface area contributed by atoms with Crippen LogP contribution in [0.1, 0.15) is 11.8 Å². The normalized spacial score (nSPS) is 27.7. The van der Waals surface area contributed by atoms with E-state index in [1.54, 1.807) is 24.3 Å². The summed E-state index contributed by atoms with van der Waals surface area (Å²) in [6.07, 6.45) is -0.480. The van der Waals surface area contributed by atoms with E-state index in [2.05, 4.69) is 0 Å². The van der Waals surface area contributed by atoms with Crippen LogP contribution in [0, 0.1) is 0 Å². The summed E-state index contributed by atoms with van der Waals surface area (Å²) in [4.78, 5) is 5.46. The first-order valence-corrected chi connectivity index (χ1v) is 6.56. The lowest BCUT2D eigenvalue weighted by Gasteiger charge is -2.13. The van der Waals surface area contributed by atoms with Gasteiger partial charge < -0.3 is 4.55 Å². The van der Waals surface area contributed by atoms with Gasteiger partial charge in [-0.1, -0.05) is 48.5 Å². The summed E-state index contributed by atoms with van der Waals surface area (Å²) in [6.45, 7) is 0. The first-order chi connectivity index (χ1) is 8.75. The highest BCUT2D eigenvalue weighted by molar-refractivity contribution is 7.78. The minimum atomic E-state index is -2.38. The summed E-state index contributed by atoms with van der Waals surface area (Å²) in [6, 6.07) is 18.3. The highest BCUT2D eigenvalue weighted by atomic mass is 32.2. The topological polar surface area (TPSA) is 52.7 Å². The first kappa shape index (κ1) is 11.6. The molecular formula is C13H11NO3S. The third kappa shape index (κ3) is 1.69. The number of quaternary nitrogens is 1. The fraction of sp³-hybridized carbons (Fsp3) is 0.0769. The monoisotopic (exact) mass is 261 g/mol. The molecule has 0 amide bonds. The standard InChI is InChI=1S/C13H11NO3S/c15-18(16)14(12-9-5-2-6-10-12)13(17-14)11-7-3-1-4-8-11/h1-10,13H. The lowest BCUT2D eigenvalue weighted by atomic mass is 10.2. The Morgan fingerprint density at radius 2 is 1.56 bits per heavy atom. The van der Waals surface area contributed by atoms with Crippen LogP contribution in [0.3, 0.4) is 0 Å². The van der Waals surface area contributed by atoms with Crippen LogP contribution in [0.15, 0.2) is 60.7 Å². The van der Waals surface area contributed by atoms with E-state index < -0.39 is 21.5 Å². The quantitative estimate of drug-likeness (QED) is 0.484. The fourth-order valence-electron chi connectivity index (χ4n) is 2.03. The van der Waals surface area contributed by atoms with Gasteiger partial charge in [-0.25, -0.2) is 4.21 Å². The Kier molecular flexibility index (Phi) is 2.76. The Morgan fingerprint density at radius 3 is 2.11 bits per heavy atom. The molecule has 92 valence electrons. The van der Waals surface area contributed by atoms with Crippen molar-refractivity contribution in [2.24, 2.45) is 0 Å². The molecule has 1 fully saturated rings. The molecule has 3 unspecified atom stereocenters. The summed E-state index contributed by atoms with van der Waals surface area (Å²) in [5, 5.41) is 0. The Morgan fingerprint density at radius 1 is 1.00 bits per heavy atom. The van der Waals surface area contributed by atoms with Crippen molar-refractivity contribution in [2.45, 2.75) is 6.23 Å². The molecule has 4 nitrogen and oxygen atoms in total. The van der Waals surface area contributed by atoms with Crippen LogP contribution in [0.5, 0.6) is 0 Å². The number of hydroxylamine groups is 1. The molecule has 0 saturated carbocycles. The van der Waals surface area contributed by atoms with E-state index in [-0.39, 0.29) is 0 Å². The average molecular weight is 261 g/mol. The van der Waals surface area contributed by atoms with Gasteiger partial charge in [-0.05, 0) is 4.05 Å². The number of benzene rings is 2. The van der Waals surface area contributed by atoms with Crippen molar-refractivity contribution in [2.75, 3.05) is 0 Å². The molecule has 1 heterocycles. The second-order valence-electron chi connectivity index (χ2n) is 4.02. The van der Waals surface area contributed by atoms with E-state index in [1.165, 1.54) is 0 Å². The fourth-order valence-corrected chi connectivity index (χ4v) is 2.75. The van der Waals surface area contributed by atoms with Crippen LogP contribution in [-0.4, -0.2) is 8.76 Å². The number of hydrogen-bond acceptors (Lipinski definition) is 3. The summed E-state index contributed by atoms with van der Waals surface area (Å²) >= 11 is -2.38. The molecule has 1 aliphatic heterocycles. The highest BCUT2D eigenvalue weighted by Gasteiger charge is 2.64. The molecule has 0 radical (unpaired) electrons. The van der Waals surface area contributed by atoms with E-state index in [1.807, 2.05) is 36.4 Å². The van der Waals surface area contributed by atoms with Gasteiger partial charge in [0.05, 0.1) is 0 Å². The Labute approximate surface area is 107 Å². The van der Waals surface area contributed by atoms with Crippen molar-refractivity contribution in [1.82, 2.24) is 4.05 Å². The molecule has 0 N–H and O–H groups in total. The van der Waals surface area contributed by atoms with E-state index in [9.17, 15) is 8.76 Å². The SMILES string of the molecule is O=S([O-])[N+]1(c2ccccc2)OC1c1ccccc1. The Bertz CT molecular complexity index is 575. The predicted molar refractivity (Wildman–Crippen MR) is 67.4 cm³/mol. The van der Waals surface area contributed by atoms with Crippen LogP contribution >= 0.6 is 0 Å². The van der Waals surface area contributed by atoms with Crippen LogP contribution in [-0.2, 0) is 16.1 Å². The van der Waals surface area contributed by atoms with Gasteiger partial charge in [-0.15, -0.1) is 4.84 Å². The third-order valence-electron chi connectivity index (χ3n) is 2.94. The molecule has 18 heavy (non-hydrogen) atoms. The van der Waals surface area contributed by atoms with Gasteiger partial charge >= 0.3 is 6.23 Å². The smallest absolute Gasteiger partial charge is 0.318 e. The summed E-state index contributed by atoms with van der Waals surface area (Å²) in [5.41, 5.74) is 1.46. The van der Waals surface area contributed by atoms with Gasteiger partial charge in [-0.3, -0.25) is 0 Å². The molecule has 1 saturated heterocycles. The molecule has 2 aromatic carbocycles. The number of para-hydroxylation sites is 1. The predicted octanol–water partition coefficient (Wildman–Crippen LogP) is 2.43. The van der Waals surface area contributed by atoms with Crippen molar-refractivity contribution in [3.8, 4) is 0 Å². The molecule has 2 aromatic rings. The minimum absolute atomic E-state index is 0.480. The lowest BCUT2D eigenvalue weighted by Crippen LogP contribution is -2.28. The van der Waals surface area contributed by atoms with Gasteiger partial charge in [0, 0.05) is 17.7 Å². The van der Waals surface area contributed by atoms with E-state index >= 15 is 0 Å². The molecule has 3 rings (SSSR count). The van der Waals surface area contributed by atoms with Gasteiger partial charge in [0.2, 0.25) is 0 Å². The lowest BCUT2D eigenvalue weighted by molar-refractivity contribution is 0.276. The van der Waals surface area contributed by atoms with Crippen LogP contribution in [0.4, 0.5) is 5.69 Å². The maximum Gasteiger partial charge on any atom is 0.318 e. The number of rotatable bonds is 3. The summed E-state index contributed by atoms with van der Waals surface area (Å²) in [7, 11) is 0. The van der Waals surface area contributed by atoms with Gasteiger partial charge in [-0.2, -0.15) is 0 Å². The largest absolute Gasteiger partial charge is 0.722 e. The van der Waals surface area contributed by atoms with Crippen molar-refractivity contribution < 1.29 is 13.6 Å². The zero-order chi connectivity index (χ0) is 12.6. The zero-order valence-corrected chi connectivity index (χ0v) is 10.2. The second-order valence-corrected chi connectivity index (χ2v) is 4.99. The highest BCUT2D eigenvalue weighted by Crippen LogP contribution is 2.51. The van der Waals surface area contributed by atoms with Gasteiger partial charge in [0.1, 0.15) is 0 Å². The third-order valence-corrected chi connectivity index (χ3v) is 3.87. The molecule has 0 bridgehead atoms. The zero-order valence-electron chi connectivity index (χ0n) is 9.43. The van der Waals surface area contributed by atoms with Gasteiger partial charge in [0.15, 0.2) is 17.0 Å². The molecule has 3 atom stereocenters. The molecule has 5 heteroatoms. The van der Waals surface area contributed by atoms with Crippen molar-refractivity contribution in [1.29, 1.82) is 0 Å². The summed E-state index contributed by atoms with van der Waals surface area (Å²) < 4.78 is 22.5. The van der Waals surface area contributed by atoms with Crippen molar-refractivity contribution in [3.05, 3.63) is 66.2 Å². The van der Waals surface area contributed by atoms with Crippen LogP contribution in [0.2, 0.25) is 0 Å². The molecule has 1 aliphatic rings. The van der Waals surface area contributed by atoms with Crippen molar-refractivity contribution in [3.63, 3.8) is 0 Å². The second kappa shape index (κ2) is 4.29. The first-order valence-electron chi connectivity index (χ1n) is 5.53. The Hall–Kier alpha value is -1.53. The maximum atomic E-state index is 11.5. The van der Waals surface area contributed by atoms with E-state index in [0.29, 0.717) is 5.69 Å². The van der Waals surface area contributed by atoms with Crippen LogP contribution < -0.4 is 4.05 Å².